The molecule has 0 aromatic carbocycles. The molecule has 0 spiro atoms. The number of hydrogen-bond donors (Lipinski definition) is 3. The molecule has 312 valence electrons. The summed E-state index contributed by atoms with van der Waals surface area (Å²) in [5.41, 5.74) is 0. The number of unbranched alkanes of at least 4 members (excludes halogenated alkanes) is 18. The maximum Gasteiger partial charge on any atom is 0.306 e. The summed E-state index contributed by atoms with van der Waals surface area (Å²) < 4.78 is 5.82. The summed E-state index contributed by atoms with van der Waals surface area (Å²) in [5.74, 6) is -0.593. The number of aliphatic hydroxyl groups excluding tert-OH is 2. The van der Waals surface area contributed by atoms with Crippen molar-refractivity contribution in [3.63, 3.8) is 0 Å². The molecule has 0 rings (SSSR count). The van der Waals surface area contributed by atoms with E-state index >= 15 is 0 Å². The zero-order valence-corrected chi connectivity index (χ0v) is 35.3. The molecular weight excluding hydrogens is 671 g/mol. The third-order valence-corrected chi connectivity index (χ3v) is 9.82. The third-order valence-electron chi connectivity index (χ3n) is 9.82. The Bertz CT molecular complexity index is 984. The van der Waals surface area contributed by atoms with E-state index in [1.54, 1.807) is 0 Å². The predicted molar refractivity (Wildman–Crippen MR) is 232 cm³/mol. The zero-order chi connectivity index (χ0) is 39.6. The maximum absolute atomic E-state index is 13.1. The van der Waals surface area contributed by atoms with Crippen LogP contribution in [0, 0.1) is 0 Å². The van der Waals surface area contributed by atoms with Gasteiger partial charge in [-0.15, -0.1) is 0 Å². The molecule has 0 aliphatic rings. The van der Waals surface area contributed by atoms with E-state index in [9.17, 15) is 19.8 Å². The Morgan fingerprint density at radius 2 is 1.00 bits per heavy atom. The molecular formula is C48H85NO5. The largest absolute Gasteiger partial charge is 0.461 e. The summed E-state index contributed by atoms with van der Waals surface area (Å²) in [4.78, 5) is 25.9. The number of nitrogens with one attached hydrogen (secondary N) is 1. The van der Waals surface area contributed by atoms with Crippen molar-refractivity contribution < 1.29 is 24.5 Å². The van der Waals surface area contributed by atoms with Crippen molar-refractivity contribution in [2.45, 2.75) is 225 Å². The van der Waals surface area contributed by atoms with Gasteiger partial charge in [-0.2, -0.15) is 0 Å². The highest BCUT2D eigenvalue weighted by atomic mass is 16.5. The second-order valence-electron chi connectivity index (χ2n) is 15.1. The fourth-order valence-corrected chi connectivity index (χ4v) is 6.33. The molecule has 3 unspecified atom stereocenters. The predicted octanol–water partition coefficient (Wildman–Crippen LogP) is 12.9. The summed E-state index contributed by atoms with van der Waals surface area (Å²) in [6, 6.07) is -0.730. The van der Waals surface area contributed by atoms with E-state index in [0.29, 0.717) is 19.3 Å². The van der Waals surface area contributed by atoms with Gasteiger partial charge in [0, 0.05) is 12.8 Å². The van der Waals surface area contributed by atoms with Crippen molar-refractivity contribution in [1.82, 2.24) is 5.32 Å². The summed E-state index contributed by atoms with van der Waals surface area (Å²) >= 11 is 0. The second-order valence-corrected chi connectivity index (χ2v) is 15.1. The number of ether oxygens (including phenoxy) is 1. The van der Waals surface area contributed by atoms with Gasteiger partial charge in [0.15, 0.2) is 0 Å². The zero-order valence-electron chi connectivity index (χ0n) is 35.3. The van der Waals surface area contributed by atoms with Gasteiger partial charge in [0.2, 0.25) is 5.91 Å². The number of carbonyl (C=O) groups is 2. The van der Waals surface area contributed by atoms with E-state index < -0.39 is 18.2 Å². The normalized spacial score (nSPS) is 13.9. The highest BCUT2D eigenvalue weighted by Crippen LogP contribution is 2.15. The molecule has 0 heterocycles. The molecule has 0 bridgehead atoms. The summed E-state index contributed by atoms with van der Waals surface area (Å²) in [7, 11) is 0. The average molecular weight is 756 g/mol. The number of aliphatic hydroxyl groups is 2. The fraction of sp³-hybridized carbons (Fsp3) is 0.750. The number of carbonyl (C=O) groups excluding carboxylic acids is 2. The van der Waals surface area contributed by atoms with Crippen molar-refractivity contribution in [1.29, 1.82) is 0 Å². The van der Waals surface area contributed by atoms with Crippen molar-refractivity contribution in [3.05, 3.63) is 60.8 Å². The molecule has 0 aromatic heterocycles. The first-order valence-electron chi connectivity index (χ1n) is 22.5. The van der Waals surface area contributed by atoms with Gasteiger partial charge in [-0.3, -0.25) is 9.59 Å². The van der Waals surface area contributed by atoms with Crippen molar-refractivity contribution in [3.8, 4) is 0 Å². The molecule has 6 nitrogen and oxygen atoms in total. The fourth-order valence-electron chi connectivity index (χ4n) is 6.33. The van der Waals surface area contributed by atoms with Crippen molar-refractivity contribution in [2.24, 2.45) is 0 Å². The number of rotatable bonds is 39. The SMILES string of the molecule is CCCC/C=C\CCCCCCCC(=O)OC(C/C=C\C/C=C\C/C=C\C/C=C\CCCCC)CC(=O)NC(CO)C(O)CCCCCCCCCCC. The molecule has 54 heavy (non-hydrogen) atoms. The third kappa shape index (κ3) is 36.5. The van der Waals surface area contributed by atoms with Crippen LogP contribution in [0.4, 0.5) is 0 Å². The van der Waals surface area contributed by atoms with E-state index in [1.165, 1.54) is 96.3 Å². The molecule has 0 aliphatic carbocycles. The van der Waals surface area contributed by atoms with Crippen LogP contribution in [-0.4, -0.2) is 46.9 Å². The minimum Gasteiger partial charge on any atom is -0.461 e. The monoisotopic (exact) mass is 756 g/mol. The topological polar surface area (TPSA) is 95.9 Å². The van der Waals surface area contributed by atoms with Crippen LogP contribution in [0.3, 0.4) is 0 Å². The van der Waals surface area contributed by atoms with Crippen LogP contribution in [0.25, 0.3) is 0 Å². The van der Waals surface area contributed by atoms with Crippen LogP contribution in [0.15, 0.2) is 60.8 Å². The number of amides is 1. The molecule has 0 fully saturated rings. The Morgan fingerprint density at radius 3 is 1.59 bits per heavy atom. The first kappa shape index (κ1) is 51.6. The summed E-state index contributed by atoms with van der Waals surface area (Å²) in [6.45, 7) is 6.34. The Kier molecular flexibility index (Phi) is 39.8. The minimum absolute atomic E-state index is 0.00319. The maximum atomic E-state index is 13.1. The molecule has 0 saturated heterocycles. The van der Waals surface area contributed by atoms with Gasteiger partial charge in [0.05, 0.1) is 25.2 Å². The van der Waals surface area contributed by atoms with Crippen LogP contribution >= 0.6 is 0 Å². The molecule has 0 aliphatic heterocycles. The first-order chi connectivity index (χ1) is 26.5. The quantitative estimate of drug-likeness (QED) is 0.0330. The molecule has 0 saturated carbocycles. The minimum atomic E-state index is -0.810. The summed E-state index contributed by atoms with van der Waals surface area (Å²) in [5, 5.41) is 23.5. The Hall–Kier alpha value is -2.44. The summed E-state index contributed by atoms with van der Waals surface area (Å²) in [6.07, 6.45) is 50.1. The van der Waals surface area contributed by atoms with Gasteiger partial charge < -0.3 is 20.3 Å². The van der Waals surface area contributed by atoms with Crippen molar-refractivity contribution in [2.75, 3.05) is 6.61 Å². The lowest BCUT2D eigenvalue weighted by Crippen LogP contribution is -2.46. The lowest BCUT2D eigenvalue weighted by Gasteiger charge is -2.24. The average Bonchev–Trinajstić information content (AvgIpc) is 3.16. The van der Waals surface area contributed by atoms with Gasteiger partial charge in [0.25, 0.3) is 0 Å². The second kappa shape index (κ2) is 41.7. The van der Waals surface area contributed by atoms with Gasteiger partial charge in [-0.1, -0.05) is 184 Å². The van der Waals surface area contributed by atoms with Crippen LogP contribution in [0.5, 0.6) is 0 Å². The Labute approximate surface area is 333 Å². The van der Waals surface area contributed by atoms with Crippen molar-refractivity contribution >= 4 is 11.9 Å². The molecule has 0 radical (unpaired) electrons. The molecule has 3 atom stereocenters. The van der Waals surface area contributed by atoms with Crippen LogP contribution in [0.2, 0.25) is 0 Å². The lowest BCUT2D eigenvalue weighted by molar-refractivity contribution is -0.150. The molecule has 1 amide bonds. The molecule has 3 N–H and O–H groups in total. The lowest BCUT2D eigenvalue weighted by atomic mass is 10.0. The highest BCUT2D eigenvalue weighted by molar-refractivity contribution is 5.77. The Morgan fingerprint density at radius 1 is 0.556 bits per heavy atom. The number of allylic oxidation sites excluding steroid dienone is 9. The van der Waals surface area contributed by atoms with Gasteiger partial charge in [0.1, 0.15) is 6.10 Å². The van der Waals surface area contributed by atoms with E-state index in [1.807, 2.05) is 12.2 Å². The smallest absolute Gasteiger partial charge is 0.306 e. The standard InChI is InChI=1S/C48H85NO5/c1-4-7-10-13-16-19-21-22-23-24-26-28-30-33-36-39-44(54-48(53)41-38-35-32-29-25-20-17-14-11-8-5-2)42-47(52)49-45(43-50)46(51)40-37-34-31-27-18-15-12-9-6-3/h14,16-17,19,22-23,26,28,33,36,44-46,50-51H,4-13,15,18,20-21,24-25,27,29-32,34-35,37-43H2,1-3H3,(H,49,52)/b17-14-,19-16-,23-22-,28-26-,36-33-. The van der Waals surface area contributed by atoms with E-state index in [0.717, 1.165) is 64.2 Å². The highest BCUT2D eigenvalue weighted by Gasteiger charge is 2.23. The van der Waals surface area contributed by atoms with E-state index in [-0.39, 0.29) is 24.9 Å². The van der Waals surface area contributed by atoms with E-state index in [4.69, 9.17) is 4.74 Å². The Balaban J connectivity index is 4.79. The van der Waals surface area contributed by atoms with Gasteiger partial charge >= 0.3 is 5.97 Å². The van der Waals surface area contributed by atoms with Gasteiger partial charge in [-0.25, -0.2) is 0 Å². The van der Waals surface area contributed by atoms with Crippen LogP contribution in [-0.2, 0) is 14.3 Å². The van der Waals surface area contributed by atoms with Crippen LogP contribution in [0.1, 0.15) is 207 Å². The number of esters is 1. The molecule has 6 heteroatoms. The van der Waals surface area contributed by atoms with Gasteiger partial charge in [-0.05, 0) is 64.2 Å². The van der Waals surface area contributed by atoms with Crippen LogP contribution < -0.4 is 5.32 Å². The molecule has 0 aromatic rings. The number of hydrogen-bond acceptors (Lipinski definition) is 5. The first-order valence-corrected chi connectivity index (χ1v) is 22.5. The van der Waals surface area contributed by atoms with E-state index in [2.05, 4.69) is 74.7 Å².